The van der Waals surface area contributed by atoms with Crippen molar-refractivity contribution in [2.24, 2.45) is 11.8 Å². The Kier molecular flexibility index (Phi) is 6.24. The molecule has 33 heavy (non-hydrogen) atoms. The number of aryl methyl sites for hydroxylation is 2. The minimum Gasteiger partial charge on any atom is -0.495 e. The number of nitrogens with one attached hydrogen (secondary N) is 1. The fourth-order valence-corrected chi connectivity index (χ4v) is 6.33. The van der Waals surface area contributed by atoms with Crippen LogP contribution in [0.25, 0.3) is 11.0 Å². The summed E-state index contributed by atoms with van der Waals surface area (Å²) < 4.78 is 39.4. The summed E-state index contributed by atoms with van der Waals surface area (Å²) in [4.78, 5) is 13.2. The SMILES string of the molecule is COc1ccc(C)cc1NC(=O)c1oc2ccc(S(=O)(=O)N3C[C@@H](C)C[C@H](C)C3)cc2c1C. The molecule has 2 aromatic carbocycles. The highest BCUT2D eigenvalue weighted by atomic mass is 32.2. The molecule has 1 N–H and O–H groups in total. The second-order valence-electron chi connectivity index (χ2n) is 9.14. The van der Waals surface area contributed by atoms with Crippen molar-refractivity contribution in [3.8, 4) is 5.75 Å². The number of ether oxygens (including phenoxy) is 1. The highest BCUT2D eigenvalue weighted by Gasteiger charge is 2.32. The van der Waals surface area contributed by atoms with E-state index in [2.05, 4.69) is 19.2 Å². The van der Waals surface area contributed by atoms with Crippen LogP contribution >= 0.6 is 0 Å². The van der Waals surface area contributed by atoms with Crippen molar-refractivity contribution < 1.29 is 22.4 Å². The zero-order valence-electron chi connectivity index (χ0n) is 19.6. The van der Waals surface area contributed by atoms with Crippen LogP contribution in [-0.2, 0) is 10.0 Å². The van der Waals surface area contributed by atoms with Crippen molar-refractivity contribution in [3.05, 3.63) is 53.3 Å². The molecule has 1 fully saturated rings. The Bertz CT molecular complexity index is 1300. The summed E-state index contributed by atoms with van der Waals surface area (Å²) in [6.45, 7) is 8.87. The second kappa shape index (κ2) is 8.83. The minimum atomic E-state index is -3.63. The van der Waals surface area contributed by atoms with Crippen molar-refractivity contribution in [1.29, 1.82) is 0 Å². The summed E-state index contributed by atoms with van der Waals surface area (Å²) >= 11 is 0. The molecule has 1 aromatic heterocycles. The number of anilines is 1. The van der Waals surface area contributed by atoms with Crippen molar-refractivity contribution in [2.45, 2.75) is 39.0 Å². The lowest BCUT2D eigenvalue weighted by Gasteiger charge is -2.34. The Morgan fingerprint density at radius 1 is 1.09 bits per heavy atom. The van der Waals surface area contributed by atoms with Crippen LogP contribution in [0.2, 0.25) is 0 Å². The molecular formula is C25H30N2O5S. The molecule has 0 aliphatic carbocycles. The average Bonchev–Trinajstić information content (AvgIpc) is 3.09. The number of carbonyl (C=O) groups is 1. The Morgan fingerprint density at radius 2 is 1.79 bits per heavy atom. The van der Waals surface area contributed by atoms with Gasteiger partial charge in [0.1, 0.15) is 11.3 Å². The van der Waals surface area contributed by atoms with Gasteiger partial charge >= 0.3 is 0 Å². The van der Waals surface area contributed by atoms with Crippen molar-refractivity contribution in [2.75, 3.05) is 25.5 Å². The van der Waals surface area contributed by atoms with Gasteiger partial charge in [-0.2, -0.15) is 4.31 Å². The first-order chi connectivity index (χ1) is 15.6. The van der Waals surface area contributed by atoms with E-state index in [1.165, 1.54) is 0 Å². The van der Waals surface area contributed by atoms with Crippen molar-refractivity contribution >= 4 is 32.6 Å². The normalized spacial score (nSPS) is 19.5. The van der Waals surface area contributed by atoms with Gasteiger partial charge < -0.3 is 14.5 Å². The lowest BCUT2D eigenvalue weighted by Crippen LogP contribution is -2.42. The maximum atomic E-state index is 13.3. The standard InChI is InChI=1S/C25H30N2O5S/c1-15-6-8-23(31-5)21(11-15)26-25(28)24-18(4)20-12-19(7-9-22(20)32-24)33(29,30)27-13-16(2)10-17(3)14-27/h6-9,11-12,16-17H,10,13-14H2,1-5H3,(H,26,28)/t16-,17-/m0/s1. The third-order valence-electron chi connectivity index (χ3n) is 6.19. The molecule has 0 saturated carbocycles. The number of amides is 1. The molecule has 0 unspecified atom stereocenters. The van der Waals surface area contributed by atoms with Gasteiger partial charge in [0.15, 0.2) is 5.76 Å². The lowest BCUT2D eigenvalue weighted by atomic mass is 9.94. The number of benzene rings is 2. The van der Waals surface area contributed by atoms with Crippen LogP contribution in [0.5, 0.6) is 5.75 Å². The maximum Gasteiger partial charge on any atom is 0.291 e. The summed E-state index contributed by atoms with van der Waals surface area (Å²) in [5.41, 5.74) is 2.57. The van der Waals surface area contributed by atoms with Crippen molar-refractivity contribution in [1.82, 2.24) is 4.31 Å². The lowest BCUT2D eigenvalue weighted by molar-refractivity contribution is 0.0997. The predicted octanol–water partition coefficient (Wildman–Crippen LogP) is 4.98. The predicted molar refractivity (Wildman–Crippen MR) is 128 cm³/mol. The van der Waals surface area contributed by atoms with E-state index in [0.29, 0.717) is 52.9 Å². The molecule has 1 aliphatic rings. The number of carbonyl (C=O) groups excluding carboxylic acids is 1. The zero-order chi connectivity index (χ0) is 23.9. The van der Waals surface area contributed by atoms with E-state index in [1.807, 2.05) is 19.1 Å². The third kappa shape index (κ3) is 4.50. The van der Waals surface area contributed by atoms with Crippen LogP contribution in [-0.4, -0.2) is 38.8 Å². The summed E-state index contributed by atoms with van der Waals surface area (Å²) in [5.74, 6) is 0.897. The van der Waals surface area contributed by atoms with Crippen LogP contribution in [0, 0.1) is 25.7 Å². The number of furan rings is 1. The molecule has 3 aromatic rings. The minimum absolute atomic E-state index is 0.142. The van der Waals surface area contributed by atoms with Crippen LogP contribution in [0.4, 0.5) is 5.69 Å². The summed E-state index contributed by atoms with van der Waals surface area (Å²) in [6.07, 6.45) is 1.02. The number of fused-ring (bicyclic) bond motifs is 1. The molecule has 0 bridgehead atoms. The smallest absolute Gasteiger partial charge is 0.291 e. The van der Waals surface area contributed by atoms with Crippen LogP contribution in [0.1, 0.15) is 41.9 Å². The monoisotopic (exact) mass is 470 g/mol. The summed E-state index contributed by atoms with van der Waals surface area (Å²) in [7, 11) is -2.09. The molecule has 1 aliphatic heterocycles. The van der Waals surface area contributed by atoms with E-state index in [9.17, 15) is 13.2 Å². The molecule has 2 heterocycles. The number of hydrogen-bond acceptors (Lipinski definition) is 5. The third-order valence-corrected chi connectivity index (χ3v) is 8.02. The fourth-order valence-electron chi connectivity index (χ4n) is 4.63. The maximum absolute atomic E-state index is 13.3. The van der Waals surface area contributed by atoms with E-state index < -0.39 is 15.9 Å². The van der Waals surface area contributed by atoms with E-state index in [1.54, 1.807) is 42.6 Å². The fraction of sp³-hybridized carbons (Fsp3) is 0.400. The first-order valence-corrected chi connectivity index (χ1v) is 12.5. The van der Waals surface area contributed by atoms with Gasteiger partial charge in [-0.25, -0.2) is 8.42 Å². The van der Waals surface area contributed by atoms with E-state index in [4.69, 9.17) is 9.15 Å². The average molecular weight is 471 g/mol. The number of piperidine rings is 1. The Labute approximate surface area is 194 Å². The van der Waals surface area contributed by atoms with Gasteiger partial charge in [-0.3, -0.25) is 4.79 Å². The van der Waals surface area contributed by atoms with Gasteiger partial charge in [0.2, 0.25) is 10.0 Å². The molecule has 1 amide bonds. The van der Waals surface area contributed by atoms with Crippen LogP contribution in [0.3, 0.4) is 0 Å². The molecule has 4 rings (SSSR count). The zero-order valence-corrected chi connectivity index (χ0v) is 20.5. The largest absolute Gasteiger partial charge is 0.495 e. The Morgan fingerprint density at radius 3 is 2.45 bits per heavy atom. The quantitative estimate of drug-likeness (QED) is 0.568. The molecule has 7 nitrogen and oxygen atoms in total. The summed E-state index contributed by atoms with van der Waals surface area (Å²) in [6, 6.07) is 10.3. The number of sulfonamides is 1. The number of methoxy groups -OCH3 is 1. The molecular weight excluding hydrogens is 440 g/mol. The molecule has 2 atom stereocenters. The number of nitrogens with zero attached hydrogens (tertiary/aromatic N) is 1. The van der Waals surface area contributed by atoms with Crippen molar-refractivity contribution in [3.63, 3.8) is 0 Å². The van der Waals surface area contributed by atoms with Gasteiger partial charge in [-0.1, -0.05) is 19.9 Å². The number of rotatable bonds is 5. The number of hydrogen-bond donors (Lipinski definition) is 1. The van der Waals surface area contributed by atoms with Crippen LogP contribution < -0.4 is 10.1 Å². The van der Waals surface area contributed by atoms with Gasteiger partial charge in [0.05, 0.1) is 17.7 Å². The van der Waals surface area contributed by atoms with E-state index in [-0.39, 0.29) is 10.7 Å². The molecule has 1 saturated heterocycles. The highest BCUT2D eigenvalue weighted by Crippen LogP contribution is 2.32. The Hall–Kier alpha value is -2.84. The summed E-state index contributed by atoms with van der Waals surface area (Å²) in [5, 5.41) is 3.45. The van der Waals surface area contributed by atoms with Crippen LogP contribution in [0.15, 0.2) is 45.7 Å². The Balaban J connectivity index is 1.66. The first kappa shape index (κ1) is 23.3. The van der Waals surface area contributed by atoms with Gasteiger partial charge in [0, 0.05) is 24.0 Å². The molecule has 0 radical (unpaired) electrons. The van der Waals surface area contributed by atoms with Gasteiger partial charge in [-0.05, 0) is 68.0 Å². The van der Waals surface area contributed by atoms with Gasteiger partial charge in [0.25, 0.3) is 5.91 Å². The topological polar surface area (TPSA) is 88.8 Å². The molecule has 8 heteroatoms. The van der Waals surface area contributed by atoms with E-state index in [0.717, 1.165) is 12.0 Å². The molecule has 176 valence electrons. The first-order valence-electron chi connectivity index (χ1n) is 11.1. The molecule has 0 spiro atoms. The van der Waals surface area contributed by atoms with E-state index >= 15 is 0 Å². The highest BCUT2D eigenvalue weighted by molar-refractivity contribution is 7.89. The second-order valence-corrected chi connectivity index (χ2v) is 11.1. The van der Waals surface area contributed by atoms with Gasteiger partial charge in [-0.15, -0.1) is 0 Å².